The van der Waals surface area contributed by atoms with Gasteiger partial charge in [-0.15, -0.1) is 0 Å². The van der Waals surface area contributed by atoms with Crippen LogP contribution in [0.15, 0.2) is 48.8 Å². The number of piperidine rings is 1. The molecule has 7 nitrogen and oxygen atoms in total. The molecule has 7 heteroatoms. The van der Waals surface area contributed by atoms with Crippen molar-refractivity contribution in [2.45, 2.75) is 25.3 Å². The third-order valence-corrected chi connectivity index (χ3v) is 5.89. The van der Waals surface area contributed by atoms with E-state index in [9.17, 15) is 0 Å². The highest BCUT2D eigenvalue weighted by atomic mass is 16.5. The van der Waals surface area contributed by atoms with Gasteiger partial charge in [0.2, 0.25) is 0 Å². The molecule has 1 atom stereocenters. The Bertz CT molecular complexity index is 1040. The third-order valence-electron chi connectivity index (χ3n) is 5.89. The molecule has 1 aliphatic rings. The van der Waals surface area contributed by atoms with Crippen molar-refractivity contribution in [3.8, 4) is 22.9 Å². The van der Waals surface area contributed by atoms with Crippen LogP contribution in [-0.4, -0.2) is 61.3 Å². The van der Waals surface area contributed by atoms with Gasteiger partial charge in [0.25, 0.3) is 0 Å². The van der Waals surface area contributed by atoms with E-state index in [1.807, 2.05) is 43.4 Å². The van der Waals surface area contributed by atoms with Crippen LogP contribution in [0.5, 0.6) is 11.5 Å². The predicted octanol–water partition coefficient (Wildman–Crippen LogP) is 4.00. The number of aromatic nitrogens is 3. The normalized spacial score (nSPS) is 16.6. The Morgan fingerprint density at radius 2 is 1.91 bits per heavy atom. The molecule has 168 valence electrons. The lowest BCUT2D eigenvalue weighted by Gasteiger charge is -2.33. The standard InChI is InChI=1S/C25H31N5O2/c1-29(2)24-14-21(27-25(28-24)19-7-5-11-26-15-19)20-8-6-12-30(17-20)16-18-9-10-22(31-3)23(13-18)32-4/h5,7,9-11,13-15,20H,6,8,12,16-17H2,1-4H3/t20-/m1/s1. The Labute approximate surface area is 190 Å². The van der Waals surface area contributed by atoms with Gasteiger partial charge in [0.1, 0.15) is 5.82 Å². The summed E-state index contributed by atoms with van der Waals surface area (Å²) in [6.45, 7) is 2.91. The molecule has 0 amide bonds. The molecule has 4 rings (SSSR count). The van der Waals surface area contributed by atoms with E-state index in [1.165, 1.54) is 5.56 Å². The zero-order valence-corrected chi connectivity index (χ0v) is 19.3. The summed E-state index contributed by atoms with van der Waals surface area (Å²) in [6, 6.07) is 12.2. The van der Waals surface area contributed by atoms with Crippen LogP contribution in [0.3, 0.4) is 0 Å². The monoisotopic (exact) mass is 433 g/mol. The van der Waals surface area contributed by atoms with Gasteiger partial charge in [-0.2, -0.15) is 0 Å². The number of nitrogens with zero attached hydrogens (tertiary/aromatic N) is 5. The number of anilines is 1. The second kappa shape index (κ2) is 9.96. The third kappa shape index (κ3) is 4.99. The van der Waals surface area contributed by atoms with Crippen LogP contribution < -0.4 is 14.4 Å². The minimum absolute atomic E-state index is 0.362. The van der Waals surface area contributed by atoms with Crippen LogP contribution >= 0.6 is 0 Å². The van der Waals surface area contributed by atoms with E-state index in [-0.39, 0.29) is 0 Å². The maximum atomic E-state index is 5.48. The summed E-state index contributed by atoms with van der Waals surface area (Å²) >= 11 is 0. The van der Waals surface area contributed by atoms with Crippen molar-refractivity contribution in [1.29, 1.82) is 0 Å². The van der Waals surface area contributed by atoms with Crippen molar-refractivity contribution in [1.82, 2.24) is 19.9 Å². The molecular formula is C25H31N5O2. The summed E-state index contributed by atoms with van der Waals surface area (Å²) in [5.41, 5.74) is 3.26. The zero-order chi connectivity index (χ0) is 22.5. The first kappa shape index (κ1) is 22.0. The topological polar surface area (TPSA) is 63.6 Å². The molecule has 0 aliphatic carbocycles. The molecule has 0 bridgehead atoms. The number of ether oxygens (including phenoxy) is 2. The Morgan fingerprint density at radius 1 is 1.06 bits per heavy atom. The first-order valence-corrected chi connectivity index (χ1v) is 11.0. The number of methoxy groups -OCH3 is 2. The molecule has 0 unspecified atom stereocenters. The smallest absolute Gasteiger partial charge is 0.163 e. The van der Waals surface area contributed by atoms with Crippen molar-refractivity contribution in [3.63, 3.8) is 0 Å². The Morgan fingerprint density at radius 3 is 2.62 bits per heavy atom. The molecule has 32 heavy (non-hydrogen) atoms. The zero-order valence-electron chi connectivity index (χ0n) is 19.3. The second-order valence-corrected chi connectivity index (χ2v) is 8.37. The molecular weight excluding hydrogens is 402 g/mol. The van der Waals surface area contributed by atoms with Crippen molar-refractivity contribution in [2.24, 2.45) is 0 Å². The molecule has 3 heterocycles. The maximum Gasteiger partial charge on any atom is 0.163 e. The minimum atomic E-state index is 0.362. The van der Waals surface area contributed by atoms with Gasteiger partial charge in [-0.05, 0) is 49.2 Å². The van der Waals surface area contributed by atoms with Crippen molar-refractivity contribution in [2.75, 3.05) is 46.3 Å². The first-order valence-electron chi connectivity index (χ1n) is 11.0. The van der Waals surface area contributed by atoms with E-state index in [4.69, 9.17) is 19.4 Å². The number of hydrogen-bond donors (Lipinski definition) is 0. The average molecular weight is 434 g/mol. The first-order chi connectivity index (χ1) is 15.6. The maximum absolute atomic E-state index is 5.48. The quantitative estimate of drug-likeness (QED) is 0.558. The molecule has 0 saturated carbocycles. The average Bonchev–Trinajstić information content (AvgIpc) is 2.84. The van der Waals surface area contributed by atoms with E-state index in [1.54, 1.807) is 20.4 Å². The summed E-state index contributed by atoms with van der Waals surface area (Å²) in [5.74, 6) is 3.54. The number of hydrogen-bond acceptors (Lipinski definition) is 7. The fourth-order valence-electron chi connectivity index (χ4n) is 4.19. The lowest BCUT2D eigenvalue weighted by molar-refractivity contribution is 0.198. The van der Waals surface area contributed by atoms with Crippen LogP contribution in [0.2, 0.25) is 0 Å². The van der Waals surface area contributed by atoms with Crippen LogP contribution in [0.1, 0.15) is 30.0 Å². The van der Waals surface area contributed by atoms with Gasteiger partial charge in [0, 0.05) is 57.1 Å². The highest BCUT2D eigenvalue weighted by Gasteiger charge is 2.24. The van der Waals surface area contributed by atoms with Gasteiger partial charge >= 0.3 is 0 Å². The summed E-state index contributed by atoms with van der Waals surface area (Å²) in [6.07, 6.45) is 5.86. The highest BCUT2D eigenvalue weighted by Crippen LogP contribution is 2.32. The van der Waals surface area contributed by atoms with Crippen LogP contribution in [0.25, 0.3) is 11.4 Å². The number of benzene rings is 1. The number of rotatable bonds is 7. The Hall–Kier alpha value is -3.19. The Balaban J connectivity index is 1.56. The van der Waals surface area contributed by atoms with Crippen LogP contribution in [0, 0.1) is 0 Å². The van der Waals surface area contributed by atoms with E-state index in [0.29, 0.717) is 5.92 Å². The summed E-state index contributed by atoms with van der Waals surface area (Å²) in [7, 11) is 7.37. The van der Waals surface area contributed by atoms with E-state index in [2.05, 4.69) is 28.1 Å². The largest absolute Gasteiger partial charge is 0.493 e. The second-order valence-electron chi connectivity index (χ2n) is 8.37. The van der Waals surface area contributed by atoms with Gasteiger partial charge in [0.15, 0.2) is 17.3 Å². The van der Waals surface area contributed by atoms with Crippen molar-refractivity contribution >= 4 is 5.82 Å². The van der Waals surface area contributed by atoms with Crippen LogP contribution in [0.4, 0.5) is 5.82 Å². The van der Waals surface area contributed by atoms with Gasteiger partial charge in [-0.3, -0.25) is 9.88 Å². The molecule has 3 aromatic rings. The molecule has 1 saturated heterocycles. The SMILES string of the molecule is COc1ccc(CN2CCC[C@@H](c3cc(N(C)C)nc(-c4cccnc4)n3)C2)cc1OC. The summed E-state index contributed by atoms with van der Waals surface area (Å²) in [4.78, 5) is 18.5. The minimum Gasteiger partial charge on any atom is -0.493 e. The lowest BCUT2D eigenvalue weighted by Crippen LogP contribution is -2.34. The van der Waals surface area contributed by atoms with Crippen molar-refractivity contribution < 1.29 is 9.47 Å². The number of likely N-dealkylation sites (tertiary alicyclic amines) is 1. The molecule has 1 aromatic carbocycles. The van der Waals surface area contributed by atoms with Gasteiger partial charge in [-0.25, -0.2) is 9.97 Å². The number of pyridine rings is 1. The van der Waals surface area contributed by atoms with E-state index in [0.717, 1.165) is 66.9 Å². The predicted molar refractivity (Wildman–Crippen MR) is 126 cm³/mol. The summed E-state index contributed by atoms with van der Waals surface area (Å²) < 4.78 is 10.9. The highest BCUT2D eigenvalue weighted by molar-refractivity contribution is 5.57. The van der Waals surface area contributed by atoms with E-state index >= 15 is 0 Å². The van der Waals surface area contributed by atoms with Gasteiger partial charge in [0.05, 0.1) is 19.9 Å². The molecule has 2 aromatic heterocycles. The molecule has 0 spiro atoms. The lowest BCUT2D eigenvalue weighted by atomic mass is 9.94. The molecule has 1 aliphatic heterocycles. The summed E-state index contributed by atoms with van der Waals surface area (Å²) in [5, 5.41) is 0. The van der Waals surface area contributed by atoms with Crippen molar-refractivity contribution in [3.05, 3.63) is 60.0 Å². The van der Waals surface area contributed by atoms with Gasteiger partial charge in [-0.1, -0.05) is 6.07 Å². The fourth-order valence-corrected chi connectivity index (χ4v) is 4.19. The van der Waals surface area contributed by atoms with Gasteiger partial charge < -0.3 is 14.4 Å². The fraction of sp³-hybridized carbons (Fsp3) is 0.400. The molecule has 0 radical (unpaired) electrons. The van der Waals surface area contributed by atoms with Crippen LogP contribution in [-0.2, 0) is 6.54 Å². The molecule has 1 fully saturated rings. The Kier molecular flexibility index (Phi) is 6.85. The van der Waals surface area contributed by atoms with E-state index < -0.39 is 0 Å². The molecule has 0 N–H and O–H groups in total.